The lowest BCUT2D eigenvalue weighted by Gasteiger charge is -2.28. The Balaban J connectivity index is 0.00000161. The summed E-state index contributed by atoms with van der Waals surface area (Å²) in [5, 5.41) is 10.5. The Bertz CT molecular complexity index is 648. The van der Waals surface area contributed by atoms with E-state index in [1.54, 1.807) is 12.4 Å². The van der Waals surface area contributed by atoms with Crippen LogP contribution in [0.2, 0.25) is 0 Å². The van der Waals surface area contributed by atoms with E-state index in [2.05, 4.69) is 48.6 Å². The molecular weight excluding hydrogens is 360 g/mol. The molecule has 2 N–H and O–H groups in total. The lowest BCUT2D eigenvalue weighted by Crippen LogP contribution is -2.46. The number of nitrogens with zero attached hydrogens (tertiary/aromatic N) is 4. The van der Waals surface area contributed by atoms with E-state index in [0.29, 0.717) is 11.8 Å². The summed E-state index contributed by atoms with van der Waals surface area (Å²) in [6.45, 7) is 3.03. The van der Waals surface area contributed by atoms with E-state index in [4.69, 9.17) is 0 Å². The highest BCUT2D eigenvalue weighted by molar-refractivity contribution is 9.10. The molecule has 1 aliphatic rings. The smallest absolute Gasteiger partial charge is 0.291 e. The molecule has 21 heavy (non-hydrogen) atoms. The van der Waals surface area contributed by atoms with Gasteiger partial charge in [0.1, 0.15) is 0 Å². The summed E-state index contributed by atoms with van der Waals surface area (Å²) in [5.74, 6) is 0.324. The van der Waals surface area contributed by atoms with Crippen LogP contribution < -0.4 is 10.6 Å². The number of carbonyl (C=O) groups is 1. The second kappa shape index (κ2) is 6.67. The van der Waals surface area contributed by atoms with E-state index in [1.165, 1.54) is 4.52 Å². The standard InChI is InChI=1S/C12H15BrN6O.ClH/c1-7-4-9(2-3-14-7)16-11(20)10-17-12-15-5-8(13)6-19(12)18-10;/h5-7,9,14H,2-4H2,1H3,(H,16,20);1H. The average molecular weight is 376 g/mol. The van der Waals surface area contributed by atoms with Crippen molar-refractivity contribution in [2.45, 2.75) is 31.8 Å². The Morgan fingerprint density at radius 2 is 2.38 bits per heavy atom. The van der Waals surface area contributed by atoms with Crippen molar-refractivity contribution in [2.75, 3.05) is 6.54 Å². The number of hydrogen-bond acceptors (Lipinski definition) is 5. The van der Waals surface area contributed by atoms with E-state index in [0.717, 1.165) is 23.9 Å². The number of carbonyl (C=O) groups excluding carboxylic acids is 1. The summed E-state index contributed by atoms with van der Waals surface area (Å²) in [7, 11) is 0. The summed E-state index contributed by atoms with van der Waals surface area (Å²) < 4.78 is 2.28. The Kier molecular flexibility index (Phi) is 5.13. The van der Waals surface area contributed by atoms with E-state index < -0.39 is 0 Å². The van der Waals surface area contributed by atoms with Crippen LogP contribution in [-0.2, 0) is 0 Å². The molecule has 2 aromatic rings. The highest BCUT2D eigenvalue weighted by Crippen LogP contribution is 2.10. The van der Waals surface area contributed by atoms with E-state index in [1.807, 2.05) is 0 Å². The number of fused-ring (bicyclic) bond motifs is 1. The zero-order valence-corrected chi connectivity index (χ0v) is 13.8. The minimum Gasteiger partial charge on any atom is -0.346 e. The molecule has 3 rings (SSSR count). The molecule has 1 amide bonds. The maximum absolute atomic E-state index is 12.2. The van der Waals surface area contributed by atoms with Gasteiger partial charge in [0.25, 0.3) is 11.7 Å². The van der Waals surface area contributed by atoms with Crippen LogP contribution in [0.1, 0.15) is 30.4 Å². The molecule has 2 atom stereocenters. The molecule has 0 radical (unpaired) electrons. The molecule has 2 unspecified atom stereocenters. The molecule has 0 saturated carbocycles. The largest absolute Gasteiger partial charge is 0.346 e. The quantitative estimate of drug-likeness (QED) is 0.823. The maximum Gasteiger partial charge on any atom is 0.291 e. The Morgan fingerprint density at radius 1 is 1.57 bits per heavy atom. The summed E-state index contributed by atoms with van der Waals surface area (Å²) >= 11 is 3.31. The molecular formula is C12H16BrClN6O. The second-order valence-electron chi connectivity index (χ2n) is 5.00. The Morgan fingerprint density at radius 3 is 3.14 bits per heavy atom. The summed E-state index contributed by atoms with van der Waals surface area (Å²) in [6, 6.07) is 0.589. The van der Waals surface area contributed by atoms with Crippen LogP contribution in [0.3, 0.4) is 0 Å². The highest BCUT2D eigenvalue weighted by Gasteiger charge is 2.22. The number of amides is 1. The predicted molar refractivity (Wildman–Crippen MR) is 83.7 cm³/mol. The van der Waals surface area contributed by atoms with Crippen LogP contribution in [-0.4, -0.2) is 44.1 Å². The SMILES string of the molecule is CC1CC(NC(=O)c2nc3ncc(Br)cn3n2)CCN1.Cl. The molecule has 0 bridgehead atoms. The van der Waals surface area contributed by atoms with Crippen molar-refractivity contribution < 1.29 is 4.79 Å². The van der Waals surface area contributed by atoms with Gasteiger partial charge in [-0.2, -0.15) is 4.98 Å². The van der Waals surface area contributed by atoms with Crippen molar-refractivity contribution in [1.82, 2.24) is 30.2 Å². The molecule has 0 spiro atoms. The van der Waals surface area contributed by atoms with Crippen LogP contribution in [0.25, 0.3) is 5.78 Å². The maximum atomic E-state index is 12.2. The first-order valence-corrected chi connectivity index (χ1v) is 7.33. The number of halogens is 2. The number of rotatable bonds is 2. The summed E-state index contributed by atoms with van der Waals surface area (Å²) in [5.41, 5.74) is 0. The zero-order valence-electron chi connectivity index (χ0n) is 11.4. The topological polar surface area (TPSA) is 84.2 Å². The third kappa shape index (κ3) is 3.69. The summed E-state index contributed by atoms with van der Waals surface area (Å²) in [6.07, 6.45) is 5.19. The Labute approximate surface area is 136 Å². The first kappa shape index (κ1) is 16.1. The van der Waals surface area contributed by atoms with Crippen LogP contribution >= 0.6 is 28.3 Å². The van der Waals surface area contributed by atoms with Crippen molar-refractivity contribution in [3.8, 4) is 0 Å². The number of nitrogens with one attached hydrogen (secondary N) is 2. The fraction of sp³-hybridized carbons (Fsp3) is 0.500. The van der Waals surface area contributed by atoms with Gasteiger partial charge in [0.05, 0.1) is 4.47 Å². The van der Waals surface area contributed by atoms with Crippen LogP contribution in [0, 0.1) is 0 Å². The highest BCUT2D eigenvalue weighted by atomic mass is 79.9. The van der Waals surface area contributed by atoms with Gasteiger partial charge >= 0.3 is 0 Å². The minimum atomic E-state index is -0.245. The van der Waals surface area contributed by atoms with E-state index >= 15 is 0 Å². The van der Waals surface area contributed by atoms with Gasteiger partial charge in [-0.25, -0.2) is 9.50 Å². The van der Waals surface area contributed by atoms with Gasteiger partial charge < -0.3 is 10.6 Å². The van der Waals surface area contributed by atoms with Gasteiger partial charge in [-0.15, -0.1) is 17.5 Å². The fourth-order valence-electron chi connectivity index (χ4n) is 2.37. The van der Waals surface area contributed by atoms with Crippen LogP contribution in [0.4, 0.5) is 0 Å². The molecule has 2 aromatic heterocycles. The number of piperidine rings is 1. The number of aromatic nitrogens is 4. The lowest BCUT2D eigenvalue weighted by molar-refractivity contribution is 0.0915. The molecule has 9 heteroatoms. The Hall–Kier alpha value is -1.25. The first-order chi connectivity index (χ1) is 9.61. The molecule has 0 aliphatic carbocycles. The van der Waals surface area contributed by atoms with Gasteiger partial charge in [-0.05, 0) is 42.2 Å². The molecule has 1 fully saturated rings. The second-order valence-corrected chi connectivity index (χ2v) is 5.92. The zero-order chi connectivity index (χ0) is 14.1. The van der Waals surface area contributed by atoms with Gasteiger partial charge in [0.15, 0.2) is 0 Å². The molecule has 1 saturated heterocycles. The molecule has 114 valence electrons. The monoisotopic (exact) mass is 374 g/mol. The average Bonchev–Trinajstić information content (AvgIpc) is 2.81. The van der Waals surface area contributed by atoms with Gasteiger partial charge in [0.2, 0.25) is 5.82 Å². The van der Waals surface area contributed by atoms with Crippen molar-refractivity contribution in [1.29, 1.82) is 0 Å². The van der Waals surface area contributed by atoms with Crippen LogP contribution in [0.15, 0.2) is 16.9 Å². The third-order valence-electron chi connectivity index (χ3n) is 3.32. The minimum absolute atomic E-state index is 0. The van der Waals surface area contributed by atoms with Gasteiger partial charge in [0, 0.05) is 24.5 Å². The molecule has 1 aliphatic heterocycles. The lowest BCUT2D eigenvalue weighted by atomic mass is 10.0. The molecule has 7 nitrogen and oxygen atoms in total. The molecule has 0 aromatic carbocycles. The van der Waals surface area contributed by atoms with Crippen molar-refractivity contribution >= 4 is 40.0 Å². The number of hydrogen-bond donors (Lipinski definition) is 2. The predicted octanol–water partition coefficient (Wildman–Crippen LogP) is 1.18. The van der Waals surface area contributed by atoms with Crippen molar-refractivity contribution in [3.63, 3.8) is 0 Å². The van der Waals surface area contributed by atoms with Gasteiger partial charge in [-0.3, -0.25) is 4.79 Å². The molecule has 3 heterocycles. The van der Waals surface area contributed by atoms with Gasteiger partial charge in [-0.1, -0.05) is 0 Å². The fourth-order valence-corrected chi connectivity index (χ4v) is 2.66. The first-order valence-electron chi connectivity index (χ1n) is 6.54. The third-order valence-corrected chi connectivity index (χ3v) is 3.73. The van der Waals surface area contributed by atoms with Crippen LogP contribution in [0.5, 0.6) is 0 Å². The van der Waals surface area contributed by atoms with E-state index in [-0.39, 0.29) is 30.2 Å². The van der Waals surface area contributed by atoms with Crippen molar-refractivity contribution in [3.05, 3.63) is 22.7 Å². The van der Waals surface area contributed by atoms with Crippen molar-refractivity contribution in [2.24, 2.45) is 0 Å². The van der Waals surface area contributed by atoms with E-state index in [9.17, 15) is 4.79 Å². The normalized spacial score (nSPS) is 21.8. The summed E-state index contributed by atoms with van der Waals surface area (Å²) in [4.78, 5) is 20.4.